The van der Waals surface area contributed by atoms with E-state index < -0.39 is 0 Å². The minimum atomic E-state index is 0.370. The van der Waals surface area contributed by atoms with Crippen molar-refractivity contribution in [1.82, 2.24) is 0 Å². The van der Waals surface area contributed by atoms with Crippen molar-refractivity contribution in [2.24, 2.45) is 0 Å². The van der Waals surface area contributed by atoms with E-state index in [1.807, 2.05) is 31.5 Å². The Hall–Kier alpha value is -2.13. The summed E-state index contributed by atoms with van der Waals surface area (Å²) in [5, 5.41) is 0. The van der Waals surface area contributed by atoms with Crippen LogP contribution in [0.3, 0.4) is 0 Å². The smallest absolute Gasteiger partial charge is 0.223 e. The average molecular weight is 270 g/mol. The first-order chi connectivity index (χ1) is 9.63. The van der Waals surface area contributed by atoms with E-state index in [0.29, 0.717) is 19.0 Å². The Labute approximate surface area is 120 Å². The topological polar surface area (TPSA) is 22.3 Å². The van der Waals surface area contributed by atoms with Crippen molar-refractivity contribution in [3.8, 4) is 0 Å². The Morgan fingerprint density at radius 1 is 1.00 bits per heavy atom. The summed E-state index contributed by atoms with van der Waals surface area (Å²) >= 11 is 0. The van der Waals surface area contributed by atoms with E-state index in [2.05, 4.69) is 37.8 Å². The van der Waals surface area contributed by atoms with Gasteiger partial charge in [-0.3, -0.25) is 0 Å². The highest BCUT2D eigenvalue weighted by atomic mass is 16.7. The van der Waals surface area contributed by atoms with Gasteiger partial charge in [0.25, 0.3) is 0 Å². The Morgan fingerprint density at radius 2 is 1.60 bits per heavy atom. The van der Waals surface area contributed by atoms with Crippen LogP contribution in [0, 0.1) is 13.8 Å². The molecule has 1 aromatic heterocycles. The van der Waals surface area contributed by atoms with Crippen LogP contribution < -0.4 is 9.57 Å². The molecule has 0 aliphatic rings. The van der Waals surface area contributed by atoms with Crippen LogP contribution >= 0.6 is 0 Å². The van der Waals surface area contributed by atoms with Crippen molar-refractivity contribution in [3.63, 3.8) is 0 Å². The average Bonchev–Trinajstić information content (AvgIpc) is 2.44. The maximum Gasteiger partial charge on any atom is 0.223 e. The van der Waals surface area contributed by atoms with Gasteiger partial charge in [0, 0.05) is 16.9 Å². The van der Waals surface area contributed by atoms with Gasteiger partial charge >= 0.3 is 0 Å². The molecule has 104 valence electrons. The van der Waals surface area contributed by atoms with Gasteiger partial charge in [0.2, 0.25) is 12.4 Å². The van der Waals surface area contributed by atoms with Gasteiger partial charge < -0.3 is 4.74 Å². The van der Waals surface area contributed by atoms with E-state index in [9.17, 15) is 0 Å². The molecule has 3 nitrogen and oxygen atoms in total. The van der Waals surface area contributed by atoms with Crippen LogP contribution in [0.1, 0.15) is 16.7 Å². The van der Waals surface area contributed by atoms with Crippen LogP contribution in [-0.2, 0) is 11.3 Å². The zero-order valence-corrected chi connectivity index (χ0v) is 12.0. The lowest BCUT2D eigenvalue weighted by Crippen LogP contribution is -2.41. The standard InChI is InChI=1S/C17H20NO2/c1-14-4-6-17(7-5-14)13-19-12-16(3)20-18-10-8-15(2)9-11-18/h4-11H,3,12-13H2,1-2H3/q+1. The lowest BCUT2D eigenvalue weighted by atomic mass is 10.2. The van der Waals surface area contributed by atoms with Crippen molar-refractivity contribution in [3.05, 3.63) is 77.8 Å². The zero-order valence-electron chi connectivity index (χ0n) is 12.0. The van der Waals surface area contributed by atoms with Crippen LogP contribution in [0.4, 0.5) is 0 Å². The molecule has 0 radical (unpaired) electrons. The molecular formula is C17H20NO2+. The third kappa shape index (κ3) is 4.52. The summed E-state index contributed by atoms with van der Waals surface area (Å²) in [5.41, 5.74) is 3.58. The lowest BCUT2D eigenvalue weighted by Gasteiger charge is -2.05. The van der Waals surface area contributed by atoms with E-state index >= 15 is 0 Å². The van der Waals surface area contributed by atoms with Crippen LogP contribution in [0.15, 0.2) is 61.1 Å². The third-order valence-corrected chi connectivity index (χ3v) is 2.86. The van der Waals surface area contributed by atoms with Crippen LogP contribution in [0.2, 0.25) is 0 Å². The normalized spacial score (nSPS) is 10.3. The SMILES string of the molecule is C=C(COCc1ccc(C)cc1)O[n+]1ccc(C)cc1. The first-order valence-corrected chi connectivity index (χ1v) is 6.61. The second kappa shape index (κ2) is 6.87. The number of rotatable bonds is 6. The highest BCUT2D eigenvalue weighted by Crippen LogP contribution is 2.05. The number of hydrogen-bond acceptors (Lipinski definition) is 2. The minimum Gasteiger partial charge on any atom is -0.369 e. The Kier molecular flexibility index (Phi) is 4.91. The maximum absolute atomic E-state index is 5.58. The van der Waals surface area contributed by atoms with E-state index in [0.717, 1.165) is 5.56 Å². The van der Waals surface area contributed by atoms with Gasteiger partial charge in [-0.15, -0.1) is 0 Å². The summed E-state index contributed by atoms with van der Waals surface area (Å²) in [4.78, 5) is 5.52. The molecule has 0 bridgehead atoms. The molecule has 2 aromatic rings. The van der Waals surface area contributed by atoms with Crippen molar-refractivity contribution >= 4 is 0 Å². The van der Waals surface area contributed by atoms with Crippen molar-refractivity contribution in [2.45, 2.75) is 20.5 Å². The van der Waals surface area contributed by atoms with Gasteiger partial charge in [-0.05, 0) is 25.0 Å². The number of aromatic nitrogens is 1. The monoisotopic (exact) mass is 270 g/mol. The largest absolute Gasteiger partial charge is 0.369 e. The Morgan fingerprint density at radius 3 is 2.25 bits per heavy atom. The van der Waals surface area contributed by atoms with Crippen molar-refractivity contribution in [2.75, 3.05) is 6.61 Å². The molecule has 0 aliphatic heterocycles. The molecule has 1 heterocycles. The molecule has 0 spiro atoms. The first-order valence-electron chi connectivity index (χ1n) is 6.61. The summed E-state index contributed by atoms with van der Waals surface area (Å²) in [6.45, 7) is 8.88. The molecule has 0 fully saturated rings. The summed E-state index contributed by atoms with van der Waals surface area (Å²) in [6.07, 6.45) is 3.70. The van der Waals surface area contributed by atoms with Crippen LogP contribution in [0.25, 0.3) is 0 Å². The highest BCUT2D eigenvalue weighted by Gasteiger charge is 2.05. The second-order valence-corrected chi connectivity index (χ2v) is 4.84. The van der Waals surface area contributed by atoms with E-state index in [-0.39, 0.29) is 0 Å². The number of hydrogen-bond donors (Lipinski definition) is 0. The summed E-state index contributed by atoms with van der Waals surface area (Å²) in [6, 6.07) is 12.2. The lowest BCUT2D eigenvalue weighted by molar-refractivity contribution is -0.880. The zero-order chi connectivity index (χ0) is 14.4. The van der Waals surface area contributed by atoms with Crippen LogP contribution in [0.5, 0.6) is 0 Å². The van der Waals surface area contributed by atoms with Gasteiger partial charge in [-0.1, -0.05) is 36.4 Å². The molecule has 0 N–H and O–H groups in total. The molecule has 2 rings (SSSR count). The first kappa shape index (κ1) is 14.3. The molecule has 0 atom stereocenters. The fourth-order valence-electron chi connectivity index (χ4n) is 1.69. The van der Waals surface area contributed by atoms with Crippen molar-refractivity contribution < 1.29 is 14.3 Å². The number of aryl methyl sites for hydroxylation is 2. The van der Waals surface area contributed by atoms with E-state index in [1.54, 1.807) is 4.73 Å². The van der Waals surface area contributed by atoms with Gasteiger partial charge in [0.05, 0.1) is 6.61 Å². The molecule has 0 amide bonds. The third-order valence-electron chi connectivity index (χ3n) is 2.86. The number of nitrogens with zero attached hydrogens (tertiary/aromatic N) is 1. The van der Waals surface area contributed by atoms with Gasteiger partial charge in [0.15, 0.2) is 5.76 Å². The predicted octanol–water partition coefficient (Wildman–Crippen LogP) is 2.75. The quantitative estimate of drug-likeness (QED) is 0.595. The fraction of sp³-hybridized carbons (Fsp3) is 0.235. The van der Waals surface area contributed by atoms with Crippen molar-refractivity contribution in [1.29, 1.82) is 0 Å². The Bertz CT molecular complexity index is 559. The molecule has 0 saturated carbocycles. The van der Waals surface area contributed by atoms with Gasteiger partial charge in [0.1, 0.15) is 6.61 Å². The number of benzene rings is 1. The maximum atomic E-state index is 5.58. The summed E-state index contributed by atoms with van der Waals surface area (Å²) in [5.74, 6) is 0.575. The molecule has 0 unspecified atom stereocenters. The molecule has 0 aliphatic carbocycles. The molecule has 0 saturated heterocycles. The molecule has 1 aromatic carbocycles. The molecule has 20 heavy (non-hydrogen) atoms. The summed E-state index contributed by atoms with van der Waals surface area (Å²) in [7, 11) is 0. The number of pyridine rings is 1. The molecule has 3 heteroatoms. The predicted molar refractivity (Wildman–Crippen MR) is 77.9 cm³/mol. The fourth-order valence-corrected chi connectivity index (χ4v) is 1.69. The van der Waals surface area contributed by atoms with E-state index in [4.69, 9.17) is 9.57 Å². The van der Waals surface area contributed by atoms with Gasteiger partial charge in [-0.2, -0.15) is 0 Å². The van der Waals surface area contributed by atoms with Crippen LogP contribution in [-0.4, -0.2) is 6.61 Å². The second-order valence-electron chi connectivity index (χ2n) is 4.84. The number of ether oxygens (including phenoxy) is 1. The van der Waals surface area contributed by atoms with E-state index in [1.165, 1.54) is 11.1 Å². The Balaban J connectivity index is 1.75. The molecular weight excluding hydrogens is 250 g/mol. The highest BCUT2D eigenvalue weighted by molar-refractivity contribution is 5.20. The van der Waals surface area contributed by atoms with Gasteiger partial charge in [-0.25, -0.2) is 4.84 Å². The minimum absolute atomic E-state index is 0.370. The summed E-state index contributed by atoms with van der Waals surface area (Å²) < 4.78 is 7.20.